The van der Waals surface area contributed by atoms with Crippen LogP contribution >= 0.6 is 22.9 Å². The fourth-order valence-electron chi connectivity index (χ4n) is 2.04. The Morgan fingerprint density at radius 1 is 0.905 bits per heavy atom. The van der Waals surface area contributed by atoms with Crippen molar-refractivity contribution in [3.8, 4) is 22.9 Å². The van der Waals surface area contributed by atoms with Crippen molar-refractivity contribution in [3.05, 3.63) is 53.0 Å². The van der Waals surface area contributed by atoms with E-state index in [1.54, 1.807) is 23.5 Å². The summed E-state index contributed by atoms with van der Waals surface area (Å²) in [5, 5.41) is 8.87. The van der Waals surface area contributed by atoms with Crippen LogP contribution in [-0.2, 0) is 0 Å². The third-order valence-electron chi connectivity index (χ3n) is 3.09. The van der Waals surface area contributed by atoms with Crippen LogP contribution in [0.15, 0.2) is 52.4 Å². The van der Waals surface area contributed by atoms with Crippen LogP contribution in [0.3, 0.4) is 0 Å². The maximum atomic E-state index is 5.87. The van der Waals surface area contributed by atoms with E-state index in [0.29, 0.717) is 16.8 Å². The van der Waals surface area contributed by atoms with E-state index in [1.165, 1.54) is 0 Å². The molecule has 2 aromatic heterocycles. The van der Waals surface area contributed by atoms with Crippen molar-refractivity contribution in [2.24, 2.45) is 0 Å². The predicted molar refractivity (Wildman–Crippen MR) is 83.4 cm³/mol. The number of hydrogen-bond donors (Lipinski definition) is 0. The molecule has 0 saturated heterocycles. The summed E-state index contributed by atoms with van der Waals surface area (Å²) in [7, 11) is 0. The fraction of sp³-hybridized carbons (Fsp3) is 0. The standard InChI is InChI=1S/C15H8ClN3OS/c16-11-4-1-9(2-5-11)14-18-19-15(20-14)10-3-6-12-13(7-10)21-8-17-12/h1-8H. The molecule has 0 bridgehead atoms. The van der Waals surface area contributed by atoms with Gasteiger partial charge in [0, 0.05) is 16.1 Å². The molecule has 6 heteroatoms. The number of nitrogens with zero attached hydrogens (tertiary/aromatic N) is 3. The van der Waals surface area contributed by atoms with E-state index in [0.717, 1.165) is 21.3 Å². The van der Waals surface area contributed by atoms with Crippen molar-refractivity contribution in [1.29, 1.82) is 0 Å². The summed E-state index contributed by atoms with van der Waals surface area (Å²) in [6.07, 6.45) is 0. The van der Waals surface area contributed by atoms with E-state index < -0.39 is 0 Å². The molecule has 2 heterocycles. The molecule has 0 aliphatic carbocycles. The van der Waals surface area contributed by atoms with Crippen molar-refractivity contribution in [2.75, 3.05) is 0 Å². The van der Waals surface area contributed by atoms with Crippen molar-refractivity contribution < 1.29 is 4.42 Å². The number of benzene rings is 2. The van der Waals surface area contributed by atoms with Crippen LogP contribution in [0.5, 0.6) is 0 Å². The van der Waals surface area contributed by atoms with Crippen LogP contribution < -0.4 is 0 Å². The number of halogens is 1. The minimum atomic E-state index is 0.478. The second-order valence-corrected chi connectivity index (χ2v) is 5.78. The average Bonchev–Trinajstić information content (AvgIpc) is 3.16. The van der Waals surface area contributed by atoms with Crippen molar-refractivity contribution in [3.63, 3.8) is 0 Å². The maximum Gasteiger partial charge on any atom is 0.248 e. The van der Waals surface area contributed by atoms with Gasteiger partial charge in [-0.05, 0) is 42.5 Å². The lowest BCUT2D eigenvalue weighted by molar-refractivity contribution is 0.584. The van der Waals surface area contributed by atoms with Gasteiger partial charge in [-0.15, -0.1) is 21.5 Å². The second-order valence-electron chi connectivity index (χ2n) is 4.45. The van der Waals surface area contributed by atoms with Gasteiger partial charge in [-0.1, -0.05) is 11.6 Å². The van der Waals surface area contributed by atoms with Crippen molar-refractivity contribution in [2.45, 2.75) is 0 Å². The molecule has 0 radical (unpaired) electrons. The fourth-order valence-corrected chi connectivity index (χ4v) is 2.88. The number of hydrogen-bond acceptors (Lipinski definition) is 5. The van der Waals surface area contributed by atoms with E-state index >= 15 is 0 Å². The predicted octanol–water partition coefficient (Wildman–Crippen LogP) is 4.67. The lowest BCUT2D eigenvalue weighted by atomic mass is 10.2. The van der Waals surface area contributed by atoms with E-state index in [1.807, 2.05) is 35.8 Å². The molecule has 2 aromatic carbocycles. The molecule has 0 fully saturated rings. The van der Waals surface area contributed by atoms with Gasteiger partial charge in [0.2, 0.25) is 11.8 Å². The van der Waals surface area contributed by atoms with Gasteiger partial charge >= 0.3 is 0 Å². The van der Waals surface area contributed by atoms with Crippen molar-refractivity contribution >= 4 is 33.2 Å². The Bertz CT molecular complexity index is 914. The SMILES string of the molecule is Clc1ccc(-c2nnc(-c3ccc4ncsc4c3)o2)cc1. The molecule has 0 atom stereocenters. The van der Waals surface area contributed by atoms with Gasteiger partial charge in [-0.25, -0.2) is 4.98 Å². The summed E-state index contributed by atoms with van der Waals surface area (Å²) in [6, 6.07) is 13.2. The zero-order chi connectivity index (χ0) is 14.2. The highest BCUT2D eigenvalue weighted by Crippen LogP contribution is 2.28. The molecule has 0 aliphatic heterocycles. The van der Waals surface area contributed by atoms with Gasteiger partial charge in [0.1, 0.15) is 0 Å². The van der Waals surface area contributed by atoms with E-state index in [2.05, 4.69) is 15.2 Å². The van der Waals surface area contributed by atoms with Gasteiger partial charge in [0.05, 0.1) is 15.7 Å². The highest BCUT2D eigenvalue weighted by molar-refractivity contribution is 7.16. The van der Waals surface area contributed by atoms with Gasteiger partial charge in [0.15, 0.2) is 0 Å². The van der Waals surface area contributed by atoms with Crippen LogP contribution in [0.25, 0.3) is 33.1 Å². The quantitative estimate of drug-likeness (QED) is 0.540. The van der Waals surface area contributed by atoms with E-state index in [9.17, 15) is 0 Å². The maximum absolute atomic E-state index is 5.87. The number of rotatable bonds is 2. The number of fused-ring (bicyclic) bond motifs is 1. The third-order valence-corrected chi connectivity index (χ3v) is 4.14. The molecule has 0 aliphatic rings. The third kappa shape index (κ3) is 2.30. The topological polar surface area (TPSA) is 51.8 Å². The Morgan fingerprint density at radius 3 is 2.43 bits per heavy atom. The van der Waals surface area contributed by atoms with Crippen LogP contribution in [-0.4, -0.2) is 15.2 Å². The zero-order valence-corrected chi connectivity index (χ0v) is 12.2. The summed E-state index contributed by atoms with van der Waals surface area (Å²) in [5.74, 6) is 0.973. The first-order chi connectivity index (χ1) is 10.3. The minimum Gasteiger partial charge on any atom is -0.416 e. The normalized spacial score (nSPS) is 11.1. The molecule has 4 nitrogen and oxygen atoms in total. The Labute approximate surface area is 129 Å². The highest BCUT2D eigenvalue weighted by atomic mass is 35.5. The molecule has 4 rings (SSSR count). The van der Waals surface area contributed by atoms with Crippen molar-refractivity contribution in [1.82, 2.24) is 15.2 Å². The summed E-state index contributed by atoms with van der Waals surface area (Å²) in [4.78, 5) is 4.25. The second kappa shape index (κ2) is 4.95. The smallest absolute Gasteiger partial charge is 0.248 e. The first-order valence-corrected chi connectivity index (χ1v) is 7.48. The zero-order valence-electron chi connectivity index (χ0n) is 10.7. The average molecular weight is 314 g/mol. The van der Waals surface area contributed by atoms with Crippen LogP contribution in [0.4, 0.5) is 0 Å². The monoisotopic (exact) mass is 313 g/mol. The molecule has 0 N–H and O–H groups in total. The van der Waals surface area contributed by atoms with Gasteiger partial charge in [-0.2, -0.15) is 0 Å². The molecule has 0 unspecified atom stereocenters. The summed E-state index contributed by atoms with van der Waals surface area (Å²) >= 11 is 7.46. The van der Waals surface area contributed by atoms with Gasteiger partial charge in [-0.3, -0.25) is 0 Å². The molecule has 21 heavy (non-hydrogen) atoms. The number of aromatic nitrogens is 3. The Kier molecular flexibility index (Phi) is 2.94. The Morgan fingerprint density at radius 2 is 1.62 bits per heavy atom. The molecular weight excluding hydrogens is 306 g/mol. The first-order valence-electron chi connectivity index (χ1n) is 6.23. The highest BCUT2D eigenvalue weighted by Gasteiger charge is 2.11. The summed E-state index contributed by atoms with van der Waals surface area (Å²) in [5.41, 5.74) is 4.53. The summed E-state index contributed by atoms with van der Waals surface area (Å²) < 4.78 is 6.84. The van der Waals surface area contributed by atoms with Crippen LogP contribution in [0.1, 0.15) is 0 Å². The lowest BCUT2D eigenvalue weighted by Crippen LogP contribution is -1.77. The van der Waals surface area contributed by atoms with Gasteiger partial charge < -0.3 is 4.42 Å². The Hall–Kier alpha value is -2.24. The molecular formula is C15H8ClN3OS. The minimum absolute atomic E-state index is 0.478. The largest absolute Gasteiger partial charge is 0.416 e. The summed E-state index contributed by atoms with van der Waals surface area (Å²) in [6.45, 7) is 0. The molecule has 0 saturated carbocycles. The first kappa shape index (κ1) is 12.5. The molecule has 4 aromatic rings. The van der Waals surface area contributed by atoms with Gasteiger partial charge in [0.25, 0.3) is 0 Å². The van der Waals surface area contributed by atoms with E-state index in [4.69, 9.17) is 16.0 Å². The Balaban J connectivity index is 1.74. The molecule has 0 amide bonds. The van der Waals surface area contributed by atoms with Crippen LogP contribution in [0.2, 0.25) is 5.02 Å². The lowest BCUT2D eigenvalue weighted by Gasteiger charge is -1.96. The molecule has 0 spiro atoms. The van der Waals surface area contributed by atoms with Crippen LogP contribution in [0, 0.1) is 0 Å². The number of thiazole rings is 1. The molecule has 102 valence electrons. The van der Waals surface area contributed by atoms with E-state index in [-0.39, 0.29) is 0 Å².